The fraction of sp³-hybridized carbons (Fsp3) is 0.474. The standard InChI is InChI=1S/C19H22N2OS/c22-19(17(15-6-7-15)14-4-2-1-3-5-14)21-11-8-16(9-12-21)18-20-10-13-23-18/h1-5,10,13,15-17H,6-9,11-12H2. The van der Waals surface area contributed by atoms with E-state index in [2.05, 4.69) is 22.0 Å². The van der Waals surface area contributed by atoms with Gasteiger partial charge in [0.1, 0.15) is 0 Å². The number of likely N-dealkylation sites (tertiary alicyclic amines) is 1. The van der Waals surface area contributed by atoms with E-state index in [0.29, 0.717) is 17.7 Å². The van der Waals surface area contributed by atoms with Gasteiger partial charge in [-0.1, -0.05) is 30.3 Å². The number of nitrogens with zero attached hydrogens (tertiary/aromatic N) is 2. The number of hydrogen-bond donors (Lipinski definition) is 0. The third-order valence-electron chi connectivity index (χ3n) is 5.13. The Hall–Kier alpha value is -1.68. The first kappa shape index (κ1) is 14.9. The molecule has 4 heteroatoms. The normalized spacial score (nSPS) is 20.4. The highest BCUT2D eigenvalue weighted by atomic mass is 32.1. The van der Waals surface area contributed by atoms with Crippen LogP contribution in [0.3, 0.4) is 0 Å². The molecule has 1 aromatic heterocycles. The topological polar surface area (TPSA) is 33.2 Å². The van der Waals surface area contributed by atoms with Crippen LogP contribution in [0, 0.1) is 5.92 Å². The largest absolute Gasteiger partial charge is 0.342 e. The van der Waals surface area contributed by atoms with Gasteiger partial charge in [-0.25, -0.2) is 4.98 Å². The molecule has 1 amide bonds. The van der Waals surface area contributed by atoms with E-state index in [1.165, 1.54) is 23.4 Å². The molecule has 2 aliphatic rings. The number of amides is 1. The number of aromatic nitrogens is 1. The van der Waals surface area contributed by atoms with E-state index >= 15 is 0 Å². The third kappa shape index (κ3) is 3.18. The zero-order chi connectivity index (χ0) is 15.6. The Balaban J connectivity index is 1.44. The summed E-state index contributed by atoms with van der Waals surface area (Å²) in [6.45, 7) is 1.75. The van der Waals surface area contributed by atoms with Crippen LogP contribution in [0.2, 0.25) is 0 Å². The Morgan fingerprint density at radius 1 is 1.13 bits per heavy atom. The summed E-state index contributed by atoms with van der Waals surface area (Å²) in [6.07, 6.45) is 6.37. The van der Waals surface area contributed by atoms with Crippen LogP contribution in [0.5, 0.6) is 0 Å². The van der Waals surface area contributed by atoms with Crippen molar-refractivity contribution in [2.45, 2.75) is 37.5 Å². The van der Waals surface area contributed by atoms with Crippen molar-refractivity contribution in [3.8, 4) is 0 Å². The summed E-state index contributed by atoms with van der Waals surface area (Å²) >= 11 is 1.74. The number of piperidine rings is 1. The van der Waals surface area contributed by atoms with Crippen molar-refractivity contribution in [3.05, 3.63) is 52.5 Å². The molecule has 1 atom stereocenters. The molecule has 1 unspecified atom stereocenters. The quantitative estimate of drug-likeness (QED) is 0.849. The molecule has 0 radical (unpaired) electrons. The van der Waals surface area contributed by atoms with Crippen molar-refractivity contribution in [1.82, 2.24) is 9.88 Å². The van der Waals surface area contributed by atoms with Gasteiger partial charge in [0.2, 0.25) is 5.91 Å². The molecule has 1 aliphatic heterocycles. The molecule has 0 spiro atoms. The van der Waals surface area contributed by atoms with Crippen LogP contribution >= 0.6 is 11.3 Å². The predicted molar refractivity (Wildman–Crippen MR) is 92.6 cm³/mol. The molecule has 2 heterocycles. The summed E-state index contributed by atoms with van der Waals surface area (Å²) in [5, 5.41) is 3.28. The van der Waals surface area contributed by atoms with E-state index in [1.54, 1.807) is 11.3 Å². The number of carbonyl (C=O) groups is 1. The predicted octanol–water partition coefficient (Wildman–Crippen LogP) is 4.04. The second-order valence-electron chi connectivity index (χ2n) is 6.70. The molecular formula is C19H22N2OS. The lowest BCUT2D eigenvalue weighted by Crippen LogP contribution is -2.41. The highest BCUT2D eigenvalue weighted by Crippen LogP contribution is 2.44. The third-order valence-corrected chi connectivity index (χ3v) is 6.06. The van der Waals surface area contributed by atoms with Crippen molar-refractivity contribution in [2.75, 3.05) is 13.1 Å². The summed E-state index contributed by atoms with van der Waals surface area (Å²) in [5.74, 6) is 1.51. The van der Waals surface area contributed by atoms with Gasteiger partial charge in [0, 0.05) is 30.6 Å². The Morgan fingerprint density at radius 2 is 1.87 bits per heavy atom. The van der Waals surface area contributed by atoms with Gasteiger partial charge in [-0.3, -0.25) is 4.79 Å². The highest BCUT2D eigenvalue weighted by molar-refractivity contribution is 7.09. The molecule has 3 nitrogen and oxygen atoms in total. The lowest BCUT2D eigenvalue weighted by Gasteiger charge is -2.34. The molecule has 0 N–H and O–H groups in total. The highest BCUT2D eigenvalue weighted by Gasteiger charge is 2.40. The summed E-state index contributed by atoms with van der Waals surface area (Å²) < 4.78 is 0. The molecule has 120 valence electrons. The van der Waals surface area contributed by atoms with Gasteiger partial charge in [0.25, 0.3) is 0 Å². The van der Waals surface area contributed by atoms with Crippen LogP contribution in [0.15, 0.2) is 41.9 Å². The van der Waals surface area contributed by atoms with Gasteiger partial charge in [-0.15, -0.1) is 11.3 Å². The minimum atomic E-state index is 0.0765. The van der Waals surface area contributed by atoms with Gasteiger partial charge >= 0.3 is 0 Å². The second-order valence-corrected chi connectivity index (χ2v) is 7.62. The zero-order valence-electron chi connectivity index (χ0n) is 13.2. The minimum Gasteiger partial charge on any atom is -0.342 e. The van der Waals surface area contributed by atoms with Gasteiger partial charge in [-0.2, -0.15) is 0 Å². The Kier molecular flexibility index (Phi) is 4.17. The molecule has 1 saturated carbocycles. The number of hydrogen-bond acceptors (Lipinski definition) is 3. The van der Waals surface area contributed by atoms with Gasteiger partial charge in [-0.05, 0) is 37.2 Å². The molecule has 1 aliphatic carbocycles. The first-order chi connectivity index (χ1) is 11.3. The van der Waals surface area contributed by atoms with Crippen molar-refractivity contribution >= 4 is 17.2 Å². The van der Waals surface area contributed by atoms with E-state index in [1.807, 2.05) is 29.8 Å². The zero-order valence-corrected chi connectivity index (χ0v) is 14.0. The lowest BCUT2D eigenvalue weighted by molar-refractivity contribution is -0.134. The fourth-order valence-corrected chi connectivity index (χ4v) is 4.50. The molecule has 0 bridgehead atoms. The molecule has 2 aromatic rings. The molecule has 23 heavy (non-hydrogen) atoms. The maximum atomic E-state index is 13.1. The lowest BCUT2D eigenvalue weighted by atomic mass is 9.90. The van der Waals surface area contributed by atoms with Gasteiger partial charge in [0.05, 0.1) is 10.9 Å². The minimum absolute atomic E-state index is 0.0765. The fourth-order valence-electron chi connectivity index (χ4n) is 3.69. The number of benzene rings is 1. The van der Waals surface area contributed by atoms with Crippen LogP contribution in [0.25, 0.3) is 0 Å². The maximum Gasteiger partial charge on any atom is 0.230 e. The van der Waals surface area contributed by atoms with E-state index in [-0.39, 0.29) is 5.92 Å². The van der Waals surface area contributed by atoms with E-state index in [4.69, 9.17) is 0 Å². The maximum absolute atomic E-state index is 13.1. The Labute approximate surface area is 141 Å². The first-order valence-electron chi connectivity index (χ1n) is 8.56. The second kappa shape index (κ2) is 6.44. The summed E-state index contributed by atoms with van der Waals surface area (Å²) in [4.78, 5) is 19.6. The van der Waals surface area contributed by atoms with Gasteiger partial charge in [0.15, 0.2) is 0 Å². The average molecular weight is 326 g/mol. The summed E-state index contributed by atoms with van der Waals surface area (Å²) in [6, 6.07) is 10.4. The van der Waals surface area contributed by atoms with E-state index in [9.17, 15) is 4.79 Å². The van der Waals surface area contributed by atoms with E-state index in [0.717, 1.165) is 25.9 Å². The first-order valence-corrected chi connectivity index (χ1v) is 9.44. The monoisotopic (exact) mass is 326 g/mol. The Bertz CT molecular complexity index is 643. The molecule has 4 rings (SSSR count). The van der Waals surface area contributed by atoms with Crippen LogP contribution in [-0.4, -0.2) is 28.9 Å². The van der Waals surface area contributed by atoms with Crippen LogP contribution in [0.4, 0.5) is 0 Å². The smallest absolute Gasteiger partial charge is 0.230 e. The van der Waals surface area contributed by atoms with Crippen molar-refractivity contribution < 1.29 is 4.79 Å². The van der Waals surface area contributed by atoms with E-state index < -0.39 is 0 Å². The Morgan fingerprint density at radius 3 is 2.48 bits per heavy atom. The average Bonchev–Trinajstić information content (AvgIpc) is 3.28. The van der Waals surface area contributed by atoms with Crippen LogP contribution in [0.1, 0.15) is 48.1 Å². The molecule has 1 saturated heterocycles. The van der Waals surface area contributed by atoms with Crippen molar-refractivity contribution in [3.63, 3.8) is 0 Å². The summed E-state index contributed by atoms with van der Waals surface area (Å²) in [5.41, 5.74) is 1.20. The summed E-state index contributed by atoms with van der Waals surface area (Å²) in [7, 11) is 0. The SMILES string of the molecule is O=C(C(c1ccccc1)C1CC1)N1CCC(c2nccs2)CC1. The van der Waals surface area contributed by atoms with Crippen LogP contribution in [-0.2, 0) is 4.79 Å². The van der Waals surface area contributed by atoms with Crippen molar-refractivity contribution in [2.24, 2.45) is 5.92 Å². The molecule has 1 aromatic carbocycles. The number of rotatable bonds is 4. The van der Waals surface area contributed by atoms with Crippen LogP contribution < -0.4 is 0 Å². The molecule has 2 fully saturated rings. The van der Waals surface area contributed by atoms with Crippen molar-refractivity contribution in [1.29, 1.82) is 0 Å². The van der Waals surface area contributed by atoms with Gasteiger partial charge < -0.3 is 4.90 Å². The molecular weight excluding hydrogens is 304 g/mol. The number of thiazole rings is 1. The number of carbonyl (C=O) groups excluding carboxylic acids is 1.